The van der Waals surface area contributed by atoms with Gasteiger partial charge in [0.2, 0.25) is 0 Å². The first kappa shape index (κ1) is 18.0. The minimum absolute atomic E-state index is 0.0702. The molecule has 0 saturated carbocycles. The van der Waals surface area contributed by atoms with Crippen LogP contribution in [-0.4, -0.2) is 39.9 Å². The summed E-state index contributed by atoms with van der Waals surface area (Å²) in [6, 6.07) is 14.2. The van der Waals surface area contributed by atoms with E-state index in [0.29, 0.717) is 18.9 Å². The van der Waals surface area contributed by atoms with Crippen LogP contribution >= 0.6 is 11.3 Å². The molecule has 1 atom stereocenters. The van der Waals surface area contributed by atoms with E-state index in [4.69, 9.17) is 4.74 Å². The standard InChI is InChI=1S/C22H20N4O2S/c27-22(24-17-6-10-28-14-17)20-13-16(21-19(25-20)7-11-29-21)12-15-2-4-18(5-3-15)26-9-1-8-23-26/h1-5,7-9,11,13,17H,6,10,12,14H2,(H,24,27)/t17-/m0/s1. The van der Waals surface area contributed by atoms with Gasteiger partial charge in [0.1, 0.15) is 5.69 Å². The lowest BCUT2D eigenvalue weighted by Gasteiger charge is -2.12. The van der Waals surface area contributed by atoms with Crippen molar-refractivity contribution >= 4 is 27.5 Å². The summed E-state index contributed by atoms with van der Waals surface area (Å²) in [4.78, 5) is 17.3. The van der Waals surface area contributed by atoms with Gasteiger partial charge in [-0.15, -0.1) is 11.3 Å². The van der Waals surface area contributed by atoms with E-state index in [-0.39, 0.29) is 11.9 Å². The number of thiophene rings is 1. The van der Waals surface area contributed by atoms with Crippen molar-refractivity contribution in [2.45, 2.75) is 18.9 Å². The van der Waals surface area contributed by atoms with Gasteiger partial charge in [0.05, 0.1) is 28.6 Å². The van der Waals surface area contributed by atoms with Gasteiger partial charge in [-0.2, -0.15) is 5.10 Å². The molecule has 29 heavy (non-hydrogen) atoms. The van der Waals surface area contributed by atoms with Gasteiger partial charge < -0.3 is 10.1 Å². The van der Waals surface area contributed by atoms with Crippen molar-refractivity contribution in [3.8, 4) is 5.69 Å². The molecule has 1 saturated heterocycles. The zero-order valence-electron chi connectivity index (χ0n) is 15.7. The predicted molar refractivity (Wildman–Crippen MR) is 113 cm³/mol. The zero-order valence-corrected chi connectivity index (χ0v) is 16.6. The van der Waals surface area contributed by atoms with Crippen LogP contribution < -0.4 is 5.32 Å². The Hall–Kier alpha value is -3.03. The summed E-state index contributed by atoms with van der Waals surface area (Å²) in [6.07, 6.45) is 5.28. The van der Waals surface area contributed by atoms with Crippen LogP contribution in [0.1, 0.15) is 28.0 Å². The molecule has 0 bridgehead atoms. The molecule has 0 aliphatic carbocycles. The summed E-state index contributed by atoms with van der Waals surface area (Å²) in [7, 11) is 0. The van der Waals surface area contributed by atoms with E-state index >= 15 is 0 Å². The van der Waals surface area contributed by atoms with Crippen molar-refractivity contribution in [2.75, 3.05) is 13.2 Å². The van der Waals surface area contributed by atoms with Crippen molar-refractivity contribution in [1.82, 2.24) is 20.1 Å². The Kier molecular flexibility index (Phi) is 4.83. The second kappa shape index (κ2) is 7.77. The first-order valence-corrected chi connectivity index (χ1v) is 10.5. The summed E-state index contributed by atoms with van der Waals surface area (Å²) >= 11 is 1.66. The average molecular weight is 404 g/mol. The highest BCUT2D eigenvalue weighted by atomic mass is 32.1. The van der Waals surface area contributed by atoms with Gasteiger partial charge in [0, 0.05) is 19.0 Å². The number of aromatic nitrogens is 3. The third-order valence-electron chi connectivity index (χ3n) is 5.09. The van der Waals surface area contributed by atoms with E-state index in [1.807, 2.05) is 34.5 Å². The number of rotatable bonds is 5. The van der Waals surface area contributed by atoms with Gasteiger partial charge in [-0.3, -0.25) is 4.79 Å². The summed E-state index contributed by atoms with van der Waals surface area (Å²) in [6.45, 7) is 1.27. The van der Waals surface area contributed by atoms with Crippen molar-refractivity contribution in [2.24, 2.45) is 0 Å². The van der Waals surface area contributed by atoms with E-state index in [1.165, 1.54) is 5.56 Å². The molecule has 146 valence electrons. The molecule has 1 aliphatic rings. The number of carbonyl (C=O) groups is 1. The molecule has 0 spiro atoms. The van der Waals surface area contributed by atoms with Gasteiger partial charge in [-0.1, -0.05) is 12.1 Å². The van der Waals surface area contributed by atoms with Gasteiger partial charge in [0.15, 0.2) is 0 Å². The molecular weight excluding hydrogens is 384 g/mol. The van der Waals surface area contributed by atoms with Crippen LogP contribution in [0.3, 0.4) is 0 Å². The fourth-order valence-corrected chi connectivity index (χ4v) is 4.44. The average Bonchev–Trinajstić information content (AvgIpc) is 3.50. The molecule has 1 aliphatic heterocycles. The maximum absolute atomic E-state index is 12.7. The molecule has 4 aromatic rings. The molecule has 1 aromatic carbocycles. The molecule has 1 N–H and O–H groups in total. The van der Waals surface area contributed by atoms with Crippen molar-refractivity contribution in [1.29, 1.82) is 0 Å². The highest BCUT2D eigenvalue weighted by molar-refractivity contribution is 7.17. The highest BCUT2D eigenvalue weighted by Crippen LogP contribution is 2.27. The van der Waals surface area contributed by atoms with Crippen LogP contribution in [0, 0.1) is 0 Å². The van der Waals surface area contributed by atoms with E-state index in [2.05, 4.69) is 39.7 Å². The van der Waals surface area contributed by atoms with Crippen LogP contribution in [-0.2, 0) is 11.2 Å². The zero-order chi connectivity index (χ0) is 19.6. The highest BCUT2D eigenvalue weighted by Gasteiger charge is 2.20. The monoisotopic (exact) mass is 404 g/mol. The Morgan fingerprint density at radius 3 is 2.93 bits per heavy atom. The summed E-state index contributed by atoms with van der Waals surface area (Å²) in [5.74, 6) is -0.135. The molecule has 1 fully saturated rings. The molecule has 5 rings (SSSR count). The molecule has 4 heterocycles. The Morgan fingerprint density at radius 2 is 2.17 bits per heavy atom. The maximum atomic E-state index is 12.7. The number of benzene rings is 1. The van der Waals surface area contributed by atoms with Crippen LogP contribution in [0.4, 0.5) is 0 Å². The van der Waals surface area contributed by atoms with E-state index in [1.54, 1.807) is 17.5 Å². The van der Waals surface area contributed by atoms with Gasteiger partial charge in [0.25, 0.3) is 5.91 Å². The van der Waals surface area contributed by atoms with Crippen LogP contribution in [0.15, 0.2) is 60.2 Å². The minimum atomic E-state index is -0.135. The Balaban J connectivity index is 1.41. The first-order valence-electron chi connectivity index (χ1n) is 9.61. The normalized spacial score (nSPS) is 16.3. The van der Waals surface area contributed by atoms with Crippen LogP contribution in [0.5, 0.6) is 0 Å². The lowest BCUT2D eigenvalue weighted by Crippen LogP contribution is -2.35. The fraction of sp³-hybridized carbons (Fsp3) is 0.227. The van der Waals surface area contributed by atoms with Gasteiger partial charge >= 0.3 is 0 Å². The second-order valence-corrected chi connectivity index (χ2v) is 8.05. The molecule has 0 radical (unpaired) electrons. The van der Waals surface area contributed by atoms with Crippen LogP contribution in [0.25, 0.3) is 15.9 Å². The first-order chi connectivity index (χ1) is 14.3. The molecule has 6 nitrogen and oxygen atoms in total. The lowest BCUT2D eigenvalue weighted by molar-refractivity contribution is 0.0925. The third kappa shape index (κ3) is 3.79. The number of amides is 1. The Bertz CT molecular complexity index is 1130. The van der Waals surface area contributed by atoms with Crippen molar-refractivity contribution in [3.05, 3.63) is 77.1 Å². The topological polar surface area (TPSA) is 69.0 Å². The van der Waals surface area contributed by atoms with E-state index in [9.17, 15) is 4.79 Å². The number of fused-ring (bicyclic) bond motifs is 1. The maximum Gasteiger partial charge on any atom is 0.270 e. The number of nitrogens with one attached hydrogen (secondary N) is 1. The molecule has 0 unspecified atom stereocenters. The smallest absolute Gasteiger partial charge is 0.270 e. The summed E-state index contributed by atoms with van der Waals surface area (Å²) in [5, 5.41) is 9.32. The number of hydrogen-bond donors (Lipinski definition) is 1. The predicted octanol–water partition coefficient (Wildman–Crippen LogP) is 3.59. The van der Waals surface area contributed by atoms with Crippen LogP contribution in [0.2, 0.25) is 0 Å². The number of pyridine rings is 1. The van der Waals surface area contributed by atoms with Gasteiger partial charge in [-0.25, -0.2) is 9.67 Å². The molecule has 7 heteroatoms. The second-order valence-electron chi connectivity index (χ2n) is 7.13. The number of ether oxygens (including phenoxy) is 1. The number of nitrogens with zero attached hydrogens (tertiary/aromatic N) is 3. The molecule has 1 amide bonds. The quantitative estimate of drug-likeness (QED) is 0.552. The molecule has 3 aromatic heterocycles. The van der Waals surface area contributed by atoms with Gasteiger partial charge in [-0.05, 0) is 59.7 Å². The Labute approximate surface area is 172 Å². The van der Waals surface area contributed by atoms with Crippen molar-refractivity contribution in [3.63, 3.8) is 0 Å². The third-order valence-corrected chi connectivity index (χ3v) is 6.06. The Morgan fingerprint density at radius 1 is 1.28 bits per heavy atom. The fourth-order valence-electron chi connectivity index (χ4n) is 3.59. The lowest BCUT2D eigenvalue weighted by atomic mass is 10.0. The van der Waals surface area contributed by atoms with Crippen molar-refractivity contribution < 1.29 is 9.53 Å². The minimum Gasteiger partial charge on any atom is -0.379 e. The van der Waals surface area contributed by atoms with E-state index in [0.717, 1.165) is 34.3 Å². The molecular formula is C22H20N4O2S. The number of hydrogen-bond acceptors (Lipinski definition) is 5. The SMILES string of the molecule is O=C(N[C@H]1CCOC1)c1cc(Cc2ccc(-n3cccn3)cc2)c2sccc2n1. The van der Waals surface area contributed by atoms with E-state index < -0.39 is 0 Å². The summed E-state index contributed by atoms with van der Waals surface area (Å²) < 4.78 is 8.31. The number of carbonyl (C=O) groups excluding carboxylic acids is 1. The largest absolute Gasteiger partial charge is 0.379 e. The summed E-state index contributed by atoms with van der Waals surface area (Å²) in [5.41, 5.74) is 4.65.